The van der Waals surface area contributed by atoms with Gasteiger partial charge in [-0.25, -0.2) is 0 Å². The minimum Gasteiger partial charge on any atom is -0.497 e. The largest absolute Gasteiger partial charge is 0.497 e. The van der Waals surface area contributed by atoms with Crippen molar-refractivity contribution in [3.8, 4) is 17.2 Å². The molecule has 0 spiro atoms. The lowest BCUT2D eigenvalue weighted by Crippen LogP contribution is -2.41. The third-order valence-corrected chi connectivity index (χ3v) is 4.22. The number of hydrogen-bond donors (Lipinski definition) is 2. The van der Waals surface area contributed by atoms with Gasteiger partial charge in [-0.1, -0.05) is 24.3 Å². The number of nitrogens with one attached hydrogen (secondary N) is 2. The molecule has 0 saturated carbocycles. The zero-order valence-corrected chi connectivity index (χ0v) is 15.7. The highest BCUT2D eigenvalue weighted by atomic mass is 16.5. The van der Waals surface area contributed by atoms with Crippen LogP contribution in [0.4, 0.5) is 0 Å². The van der Waals surface area contributed by atoms with Gasteiger partial charge in [-0.2, -0.15) is 0 Å². The Kier molecular flexibility index (Phi) is 5.64. The fourth-order valence-electron chi connectivity index (χ4n) is 2.76. The molecule has 7 nitrogen and oxygen atoms in total. The van der Waals surface area contributed by atoms with Crippen LogP contribution in [0.1, 0.15) is 20.7 Å². The van der Waals surface area contributed by atoms with Gasteiger partial charge < -0.3 is 14.2 Å². The molecule has 2 N–H and O–H groups in total. The van der Waals surface area contributed by atoms with Crippen molar-refractivity contribution in [2.24, 2.45) is 0 Å². The van der Waals surface area contributed by atoms with Crippen LogP contribution in [0.25, 0.3) is 10.8 Å². The summed E-state index contributed by atoms with van der Waals surface area (Å²) in [7, 11) is 4.47. The van der Waals surface area contributed by atoms with Crippen molar-refractivity contribution >= 4 is 22.6 Å². The Labute approximate surface area is 162 Å². The van der Waals surface area contributed by atoms with Crippen LogP contribution in [0.3, 0.4) is 0 Å². The summed E-state index contributed by atoms with van der Waals surface area (Å²) < 4.78 is 15.6. The Morgan fingerprint density at radius 3 is 1.86 bits per heavy atom. The lowest BCUT2D eigenvalue weighted by atomic mass is 10.1. The number of rotatable bonds is 5. The SMILES string of the molecule is COc1cc(OC)cc(C(=O)NNC(=O)c2cc3ccccc3cc2OC)c1. The van der Waals surface area contributed by atoms with E-state index in [4.69, 9.17) is 14.2 Å². The van der Waals surface area contributed by atoms with Crippen molar-refractivity contribution in [3.63, 3.8) is 0 Å². The maximum absolute atomic E-state index is 12.6. The number of methoxy groups -OCH3 is 3. The molecule has 0 fully saturated rings. The Hall–Kier alpha value is -3.74. The van der Waals surface area contributed by atoms with E-state index in [1.54, 1.807) is 30.3 Å². The second kappa shape index (κ2) is 8.30. The van der Waals surface area contributed by atoms with Gasteiger partial charge in [-0.15, -0.1) is 0 Å². The fourth-order valence-corrected chi connectivity index (χ4v) is 2.76. The molecule has 0 saturated heterocycles. The molecule has 3 aromatic rings. The molecule has 0 aliphatic heterocycles. The van der Waals surface area contributed by atoms with Gasteiger partial charge in [0, 0.05) is 11.6 Å². The van der Waals surface area contributed by atoms with Gasteiger partial charge in [-0.05, 0) is 35.0 Å². The first-order valence-corrected chi connectivity index (χ1v) is 8.46. The summed E-state index contributed by atoms with van der Waals surface area (Å²) in [6, 6.07) is 15.8. The lowest BCUT2D eigenvalue weighted by molar-refractivity contribution is 0.0844. The van der Waals surface area contributed by atoms with Crippen LogP contribution in [0.15, 0.2) is 54.6 Å². The minimum absolute atomic E-state index is 0.280. The zero-order valence-electron chi connectivity index (χ0n) is 15.7. The topological polar surface area (TPSA) is 85.9 Å². The average Bonchev–Trinajstić information content (AvgIpc) is 2.75. The van der Waals surface area contributed by atoms with Crippen molar-refractivity contribution < 1.29 is 23.8 Å². The molecular formula is C21H20N2O5. The van der Waals surface area contributed by atoms with Gasteiger partial charge in [0.15, 0.2) is 0 Å². The van der Waals surface area contributed by atoms with E-state index in [0.717, 1.165) is 10.8 Å². The van der Waals surface area contributed by atoms with Crippen molar-refractivity contribution in [2.45, 2.75) is 0 Å². The maximum Gasteiger partial charge on any atom is 0.273 e. The monoisotopic (exact) mass is 380 g/mol. The second-order valence-electron chi connectivity index (χ2n) is 5.91. The van der Waals surface area contributed by atoms with Crippen LogP contribution < -0.4 is 25.1 Å². The highest BCUT2D eigenvalue weighted by molar-refractivity contribution is 6.03. The van der Waals surface area contributed by atoms with Crippen LogP contribution in [0.5, 0.6) is 17.2 Å². The lowest BCUT2D eigenvalue weighted by Gasteiger charge is -2.12. The van der Waals surface area contributed by atoms with E-state index in [0.29, 0.717) is 22.8 Å². The molecular weight excluding hydrogens is 360 g/mol. The number of carbonyl (C=O) groups is 2. The molecule has 0 radical (unpaired) electrons. The van der Waals surface area contributed by atoms with E-state index >= 15 is 0 Å². The molecule has 0 unspecified atom stereocenters. The maximum atomic E-state index is 12.6. The standard InChI is InChI=1S/C21H20N2O5/c1-26-16-8-15(9-17(12-16)27-2)20(24)22-23-21(25)18-10-13-6-4-5-7-14(13)11-19(18)28-3/h4-12H,1-3H3,(H,22,24)(H,23,25). The third kappa shape index (κ3) is 3.98. The molecule has 144 valence electrons. The van der Waals surface area contributed by atoms with Gasteiger partial charge in [0.25, 0.3) is 11.8 Å². The molecule has 0 atom stereocenters. The van der Waals surface area contributed by atoms with Gasteiger partial charge in [0.1, 0.15) is 17.2 Å². The predicted octanol–water partition coefficient (Wildman–Crippen LogP) is 2.94. The summed E-state index contributed by atoms with van der Waals surface area (Å²) in [5.41, 5.74) is 5.40. The van der Waals surface area contributed by atoms with E-state index in [1.165, 1.54) is 21.3 Å². The molecule has 28 heavy (non-hydrogen) atoms. The van der Waals surface area contributed by atoms with E-state index in [2.05, 4.69) is 10.9 Å². The van der Waals surface area contributed by atoms with Crippen LogP contribution in [0.2, 0.25) is 0 Å². The van der Waals surface area contributed by atoms with Crippen molar-refractivity contribution in [1.29, 1.82) is 0 Å². The number of amides is 2. The number of carbonyl (C=O) groups excluding carboxylic acids is 2. The van der Waals surface area contributed by atoms with E-state index in [1.807, 2.05) is 24.3 Å². The smallest absolute Gasteiger partial charge is 0.273 e. The summed E-state index contributed by atoms with van der Waals surface area (Å²) in [4.78, 5) is 25.0. The Morgan fingerprint density at radius 2 is 1.29 bits per heavy atom. The molecule has 7 heteroatoms. The Bertz CT molecular complexity index is 1010. The zero-order chi connectivity index (χ0) is 20.1. The summed E-state index contributed by atoms with van der Waals surface area (Å²) in [5.74, 6) is 0.337. The third-order valence-electron chi connectivity index (χ3n) is 4.22. The second-order valence-corrected chi connectivity index (χ2v) is 5.91. The molecule has 0 aromatic heterocycles. The number of fused-ring (bicyclic) bond motifs is 1. The van der Waals surface area contributed by atoms with Gasteiger partial charge >= 0.3 is 0 Å². The molecule has 0 aliphatic carbocycles. The van der Waals surface area contributed by atoms with Crippen molar-refractivity contribution in [3.05, 3.63) is 65.7 Å². The normalized spacial score (nSPS) is 10.2. The summed E-state index contributed by atoms with van der Waals surface area (Å²) in [6.07, 6.45) is 0. The molecule has 0 aliphatic rings. The van der Waals surface area contributed by atoms with Crippen LogP contribution in [-0.4, -0.2) is 33.1 Å². The minimum atomic E-state index is -0.509. The Balaban J connectivity index is 1.79. The van der Waals surface area contributed by atoms with Crippen LogP contribution in [-0.2, 0) is 0 Å². The highest BCUT2D eigenvalue weighted by Crippen LogP contribution is 2.26. The first-order valence-electron chi connectivity index (χ1n) is 8.46. The van der Waals surface area contributed by atoms with Gasteiger partial charge in [0.2, 0.25) is 0 Å². The molecule has 3 rings (SSSR count). The summed E-state index contributed by atoms with van der Waals surface area (Å²) >= 11 is 0. The van der Waals surface area contributed by atoms with Crippen LogP contribution >= 0.6 is 0 Å². The quantitative estimate of drug-likeness (QED) is 0.665. The van der Waals surface area contributed by atoms with Crippen molar-refractivity contribution in [2.75, 3.05) is 21.3 Å². The van der Waals surface area contributed by atoms with E-state index in [9.17, 15) is 9.59 Å². The summed E-state index contributed by atoms with van der Waals surface area (Å²) in [5, 5.41) is 1.83. The number of ether oxygens (including phenoxy) is 3. The first-order chi connectivity index (χ1) is 13.5. The molecule has 2 amide bonds. The van der Waals surface area contributed by atoms with Gasteiger partial charge in [0.05, 0.1) is 26.9 Å². The fraction of sp³-hybridized carbons (Fsp3) is 0.143. The van der Waals surface area contributed by atoms with E-state index < -0.39 is 11.8 Å². The molecule has 0 heterocycles. The number of hydrogen-bond acceptors (Lipinski definition) is 5. The number of hydrazine groups is 1. The number of benzene rings is 3. The van der Waals surface area contributed by atoms with E-state index in [-0.39, 0.29) is 5.56 Å². The van der Waals surface area contributed by atoms with Gasteiger partial charge in [-0.3, -0.25) is 20.4 Å². The molecule has 0 bridgehead atoms. The van der Waals surface area contributed by atoms with Crippen molar-refractivity contribution in [1.82, 2.24) is 10.9 Å². The average molecular weight is 380 g/mol. The first kappa shape index (κ1) is 19.0. The summed E-state index contributed by atoms with van der Waals surface area (Å²) in [6.45, 7) is 0. The van der Waals surface area contributed by atoms with Crippen LogP contribution in [0, 0.1) is 0 Å². The predicted molar refractivity (Wildman–Crippen MR) is 105 cm³/mol. The molecule has 3 aromatic carbocycles. The Morgan fingerprint density at radius 1 is 0.714 bits per heavy atom. The highest BCUT2D eigenvalue weighted by Gasteiger charge is 2.16.